The number of nitrogens with zero attached hydrogens (tertiary/aromatic N) is 2. The normalized spacial score (nSPS) is 10.2. The van der Waals surface area contributed by atoms with Gasteiger partial charge in [-0.3, -0.25) is 0 Å². The third kappa shape index (κ3) is 3.33. The van der Waals surface area contributed by atoms with E-state index in [-0.39, 0.29) is 0 Å². The number of rotatable bonds is 5. The topological polar surface area (TPSA) is 49.8 Å². The first-order valence-electron chi connectivity index (χ1n) is 6.33. The Kier molecular flexibility index (Phi) is 3.89. The van der Waals surface area contributed by atoms with Crippen molar-refractivity contribution in [2.24, 2.45) is 0 Å². The first kappa shape index (κ1) is 12.6. The summed E-state index contributed by atoms with van der Waals surface area (Å²) < 4.78 is 0. The van der Waals surface area contributed by atoms with Gasteiger partial charge in [0, 0.05) is 11.4 Å². The van der Waals surface area contributed by atoms with E-state index in [1.165, 1.54) is 0 Å². The third-order valence-corrected chi connectivity index (χ3v) is 3.55. The van der Waals surface area contributed by atoms with Crippen LogP contribution in [0.3, 0.4) is 0 Å². The lowest BCUT2D eigenvalue weighted by Gasteiger charge is -2.02. The number of aromatic nitrogens is 2. The van der Waals surface area contributed by atoms with Crippen LogP contribution < -0.4 is 10.6 Å². The van der Waals surface area contributed by atoms with Gasteiger partial charge in [0.05, 0.1) is 6.54 Å². The molecular weight excluding hydrogens is 268 g/mol. The van der Waals surface area contributed by atoms with Gasteiger partial charge in [0.15, 0.2) is 0 Å². The highest BCUT2D eigenvalue weighted by molar-refractivity contribution is 7.15. The molecule has 1 heterocycles. The molecule has 0 radical (unpaired) electrons. The minimum absolute atomic E-state index is 0.679. The highest BCUT2D eigenvalue weighted by Gasteiger charge is 2.04. The molecule has 0 saturated carbocycles. The van der Waals surface area contributed by atoms with Crippen LogP contribution in [0.5, 0.6) is 0 Å². The zero-order valence-electron chi connectivity index (χ0n) is 10.8. The monoisotopic (exact) mass is 282 g/mol. The fraction of sp³-hybridized carbons (Fsp3) is 0.0667. The summed E-state index contributed by atoms with van der Waals surface area (Å²) >= 11 is 1.55. The van der Waals surface area contributed by atoms with E-state index in [1.807, 2.05) is 60.7 Å². The standard InChI is InChI=1S/C15H14N4S/c1-3-7-12(8-4-1)16-11-14-18-19-15(20-14)17-13-9-5-2-6-10-13/h1-10,16H,11H2,(H,17,19). The van der Waals surface area contributed by atoms with Crippen molar-refractivity contribution in [3.63, 3.8) is 0 Å². The molecule has 0 spiro atoms. The van der Waals surface area contributed by atoms with Crippen LogP contribution in [0.2, 0.25) is 0 Å². The number of anilines is 3. The van der Waals surface area contributed by atoms with Crippen molar-refractivity contribution in [3.8, 4) is 0 Å². The van der Waals surface area contributed by atoms with Crippen LogP contribution >= 0.6 is 11.3 Å². The lowest BCUT2D eigenvalue weighted by Crippen LogP contribution is -1.98. The zero-order chi connectivity index (χ0) is 13.6. The van der Waals surface area contributed by atoms with Gasteiger partial charge in [-0.1, -0.05) is 47.7 Å². The molecule has 0 saturated heterocycles. The summed E-state index contributed by atoms with van der Waals surface area (Å²) in [6, 6.07) is 20.0. The number of para-hydroxylation sites is 2. The van der Waals surface area contributed by atoms with E-state index in [2.05, 4.69) is 20.8 Å². The van der Waals surface area contributed by atoms with E-state index in [0.717, 1.165) is 21.5 Å². The van der Waals surface area contributed by atoms with Gasteiger partial charge in [-0.25, -0.2) is 0 Å². The van der Waals surface area contributed by atoms with E-state index >= 15 is 0 Å². The summed E-state index contributed by atoms with van der Waals surface area (Å²) in [5.41, 5.74) is 2.10. The van der Waals surface area contributed by atoms with Gasteiger partial charge in [-0.2, -0.15) is 0 Å². The summed E-state index contributed by atoms with van der Waals surface area (Å²) in [4.78, 5) is 0. The van der Waals surface area contributed by atoms with E-state index in [4.69, 9.17) is 0 Å². The van der Waals surface area contributed by atoms with Gasteiger partial charge in [0.25, 0.3) is 0 Å². The van der Waals surface area contributed by atoms with Crippen LogP contribution in [-0.4, -0.2) is 10.2 Å². The molecule has 0 unspecified atom stereocenters. The van der Waals surface area contributed by atoms with E-state index in [0.29, 0.717) is 6.54 Å². The van der Waals surface area contributed by atoms with Crippen LogP contribution in [-0.2, 0) is 6.54 Å². The molecule has 4 nitrogen and oxygen atoms in total. The molecule has 0 atom stereocenters. The fourth-order valence-electron chi connectivity index (χ4n) is 1.75. The van der Waals surface area contributed by atoms with Crippen molar-refractivity contribution in [1.29, 1.82) is 0 Å². The molecule has 0 fully saturated rings. The summed E-state index contributed by atoms with van der Waals surface area (Å²) in [6.45, 7) is 0.679. The van der Waals surface area contributed by atoms with Crippen LogP contribution in [0, 0.1) is 0 Å². The molecule has 1 aromatic heterocycles. The van der Waals surface area contributed by atoms with Gasteiger partial charge in [0.1, 0.15) is 5.01 Å². The van der Waals surface area contributed by atoms with Crippen LogP contribution in [0.1, 0.15) is 5.01 Å². The maximum Gasteiger partial charge on any atom is 0.210 e. The molecule has 20 heavy (non-hydrogen) atoms. The number of hydrogen-bond donors (Lipinski definition) is 2. The van der Waals surface area contributed by atoms with Crippen molar-refractivity contribution in [2.75, 3.05) is 10.6 Å². The molecule has 2 N–H and O–H groups in total. The lowest BCUT2D eigenvalue weighted by molar-refractivity contribution is 0.992. The Labute approximate surface area is 121 Å². The van der Waals surface area contributed by atoms with E-state index in [9.17, 15) is 0 Å². The highest BCUT2D eigenvalue weighted by atomic mass is 32.1. The van der Waals surface area contributed by atoms with Gasteiger partial charge >= 0.3 is 0 Å². The Morgan fingerprint density at radius 2 is 1.45 bits per heavy atom. The Morgan fingerprint density at radius 1 is 0.800 bits per heavy atom. The fourth-order valence-corrected chi connectivity index (χ4v) is 2.45. The first-order chi connectivity index (χ1) is 9.90. The maximum absolute atomic E-state index is 4.17. The highest BCUT2D eigenvalue weighted by Crippen LogP contribution is 2.21. The molecule has 2 aromatic carbocycles. The van der Waals surface area contributed by atoms with Crippen molar-refractivity contribution < 1.29 is 0 Å². The summed E-state index contributed by atoms with van der Waals surface area (Å²) in [6.07, 6.45) is 0. The molecule has 0 aliphatic heterocycles. The van der Waals surface area contributed by atoms with Crippen LogP contribution in [0.15, 0.2) is 60.7 Å². The molecule has 3 aromatic rings. The molecule has 0 aliphatic carbocycles. The largest absolute Gasteiger partial charge is 0.378 e. The molecule has 5 heteroatoms. The average molecular weight is 282 g/mol. The first-order valence-corrected chi connectivity index (χ1v) is 7.15. The number of nitrogens with one attached hydrogen (secondary N) is 2. The van der Waals surface area contributed by atoms with Gasteiger partial charge in [-0.15, -0.1) is 10.2 Å². The second kappa shape index (κ2) is 6.16. The zero-order valence-corrected chi connectivity index (χ0v) is 11.6. The predicted molar refractivity (Wildman–Crippen MR) is 83.4 cm³/mol. The molecule has 0 aliphatic rings. The Morgan fingerprint density at radius 3 is 2.15 bits per heavy atom. The number of hydrogen-bond acceptors (Lipinski definition) is 5. The second-order valence-corrected chi connectivity index (χ2v) is 5.27. The quantitative estimate of drug-likeness (QED) is 0.745. The van der Waals surface area contributed by atoms with Crippen molar-refractivity contribution in [2.45, 2.75) is 6.54 Å². The third-order valence-electron chi connectivity index (χ3n) is 2.71. The average Bonchev–Trinajstić information content (AvgIpc) is 2.95. The SMILES string of the molecule is c1ccc(NCc2nnc(Nc3ccccc3)s2)cc1. The van der Waals surface area contributed by atoms with Gasteiger partial charge in [0.2, 0.25) is 5.13 Å². The Bertz CT molecular complexity index is 652. The Hall–Kier alpha value is -2.40. The van der Waals surface area contributed by atoms with Crippen molar-refractivity contribution in [3.05, 3.63) is 65.7 Å². The number of benzene rings is 2. The Balaban J connectivity index is 1.60. The minimum Gasteiger partial charge on any atom is -0.378 e. The molecular formula is C15H14N4S. The van der Waals surface area contributed by atoms with Crippen molar-refractivity contribution >= 4 is 27.8 Å². The van der Waals surface area contributed by atoms with Crippen LogP contribution in [0.25, 0.3) is 0 Å². The summed E-state index contributed by atoms with van der Waals surface area (Å²) in [5, 5.41) is 16.6. The molecule has 3 rings (SSSR count). The van der Waals surface area contributed by atoms with Gasteiger partial charge < -0.3 is 10.6 Å². The molecule has 0 bridgehead atoms. The van der Waals surface area contributed by atoms with Gasteiger partial charge in [-0.05, 0) is 24.3 Å². The molecule has 100 valence electrons. The maximum atomic E-state index is 4.17. The predicted octanol–water partition coefficient (Wildman–Crippen LogP) is 3.89. The molecule has 0 amide bonds. The van der Waals surface area contributed by atoms with Crippen LogP contribution in [0.4, 0.5) is 16.5 Å². The second-order valence-electron chi connectivity index (χ2n) is 4.21. The van der Waals surface area contributed by atoms with E-state index in [1.54, 1.807) is 11.3 Å². The van der Waals surface area contributed by atoms with E-state index < -0.39 is 0 Å². The summed E-state index contributed by atoms with van der Waals surface area (Å²) in [5.74, 6) is 0. The summed E-state index contributed by atoms with van der Waals surface area (Å²) in [7, 11) is 0. The minimum atomic E-state index is 0.679. The van der Waals surface area contributed by atoms with Crippen molar-refractivity contribution in [1.82, 2.24) is 10.2 Å². The lowest BCUT2D eigenvalue weighted by atomic mass is 10.3. The smallest absolute Gasteiger partial charge is 0.210 e.